The minimum Gasteiger partial charge on any atom is -0.481 e. The molecular formula is C29H58O2. The molecule has 2 heteroatoms. The van der Waals surface area contributed by atoms with E-state index in [1.165, 1.54) is 141 Å². The van der Waals surface area contributed by atoms with Gasteiger partial charge in [0.1, 0.15) is 0 Å². The summed E-state index contributed by atoms with van der Waals surface area (Å²) in [6.45, 7) is 4.55. The highest BCUT2D eigenvalue weighted by atomic mass is 16.4. The summed E-state index contributed by atoms with van der Waals surface area (Å²) in [6, 6.07) is 0. The minimum absolute atomic E-state index is 0.384. The van der Waals surface area contributed by atoms with Crippen molar-refractivity contribution in [3.63, 3.8) is 0 Å². The van der Waals surface area contributed by atoms with Gasteiger partial charge in [0.2, 0.25) is 0 Å². The lowest BCUT2D eigenvalue weighted by Crippen LogP contribution is -2.08. The van der Waals surface area contributed by atoms with Crippen LogP contribution in [0.2, 0.25) is 0 Å². The fourth-order valence-corrected chi connectivity index (χ4v) is 4.79. The van der Waals surface area contributed by atoms with E-state index < -0.39 is 5.97 Å². The average molecular weight is 439 g/mol. The molecule has 0 atom stereocenters. The highest BCUT2D eigenvalue weighted by Gasteiger charge is 2.12. The van der Waals surface area contributed by atoms with Crippen LogP contribution in [-0.4, -0.2) is 11.1 Å². The van der Waals surface area contributed by atoms with Crippen molar-refractivity contribution in [2.75, 3.05) is 0 Å². The predicted molar refractivity (Wildman–Crippen MR) is 138 cm³/mol. The molecule has 2 nitrogen and oxygen atoms in total. The largest absolute Gasteiger partial charge is 0.481 e. The summed E-state index contributed by atoms with van der Waals surface area (Å²) in [7, 11) is 0. The van der Waals surface area contributed by atoms with E-state index in [-0.39, 0.29) is 0 Å². The van der Waals surface area contributed by atoms with E-state index in [1.807, 2.05) is 0 Å². The van der Waals surface area contributed by atoms with Gasteiger partial charge in [-0.3, -0.25) is 4.79 Å². The van der Waals surface area contributed by atoms with Gasteiger partial charge in [-0.05, 0) is 18.8 Å². The highest BCUT2D eigenvalue weighted by molar-refractivity contribution is 5.66. The van der Waals surface area contributed by atoms with Gasteiger partial charge in [-0.1, -0.05) is 155 Å². The van der Waals surface area contributed by atoms with Crippen molar-refractivity contribution in [3.8, 4) is 0 Å². The van der Waals surface area contributed by atoms with Crippen LogP contribution in [0.3, 0.4) is 0 Å². The average Bonchev–Trinajstić information content (AvgIpc) is 2.75. The third-order valence-electron chi connectivity index (χ3n) is 6.90. The van der Waals surface area contributed by atoms with E-state index in [9.17, 15) is 9.90 Å². The van der Waals surface area contributed by atoms with Gasteiger partial charge in [0.05, 0.1) is 0 Å². The topological polar surface area (TPSA) is 37.3 Å². The lowest BCUT2D eigenvalue weighted by molar-refractivity contribution is -0.138. The van der Waals surface area contributed by atoms with E-state index in [0.29, 0.717) is 12.3 Å². The van der Waals surface area contributed by atoms with Crippen LogP contribution >= 0.6 is 0 Å². The van der Waals surface area contributed by atoms with Crippen LogP contribution in [0.1, 0.15) is 174 Å². The van der Waals surface area contributed by atoms with E-state index in [4.69, 9.17) is 0 Å². The summed E-state index contributed by atoms with van der Waals surface area (Å²) in [5, 5.41) is 9.24. The van der Waals surface area contributed by atoms with Gasteiger partial charge in [0.15, 0.2) is 0 Å². The molecule has 0 aromatic carbocycles. The molecule has 0 aliphatic rings. The zero-order valence-electron chi connectivity index (χ0n) is 21.6. The van der Waals surface area contributed by atoms with Crippen molar-refractivity contribution < 1.29 is 9.90 Å². The Morgan fingerprint density at radius 2 is 0.742 bits per heavy atom. The molecule has 0 aromatic rings. The lowest BCUT2D eigenvalue weighted by Gasteiger charge is -2.14. The standard InChI is InChI=1S/C29H58O2/c1-3-5-7-9-11-13-15-17-19-21-23-25-28(27-29(30)31)26-24-22-20-18-16-14-12-10-8-6-4-2/h28H,3-27H2,1-2H3,(H,30,31). The number of hydrogen-bond acceptors (Lipinski definition) is 1. The van der Waals surface area contributed by atoms with E-state index in [2.05, 4.69) is 13.8 Å². The normalized spacial score (nSPS) is 11.5. The van der Waals surface area contributed by atoms with Crippen molar-refractivity contribution in [2.45, 2.75) is 174 Å². The number of carbonyl (C=O) groups is 1. The molecule has 0 radical (unpaired) electrons. The fraction of sp³-hybridized carbons (Fsp3) is 0.966. The maximum Gasteiger partial charge on any atom is 0.303 e. The second-order valence-corrected chi connectivity index (χ2v) is 10.1. The zero-order valence-corrected chi connectivity index (χ0v) is 21.6. The van der Waals surface area contributed by atoms with Crippen LogP contribution in [0.25, 0.3) is 0 Å². The Morgan fingerprint density at radius 1 is 0.484 bits per heavy atom. The molecule has 0 rings (SSSR count). The van der Waals surface area contributed by atoms with Gasteiger partial charge in [0, 0.05) is 6.42 Å². The molecule has 0 aliphatic carbocycles. The predicted octanol–water partition coefficient (Wildman–Crippen LogP) is 10.5. The Bertz CT molecular complexity index is 327. The molecule has 0 aromatic heterocycles. The number of carboxylic acid groups (broad SMARTS) is 1. The SMILES string of the molecule is CCCCCCCCCCCCCC(CCCCCCCCCCCCC)CC(=O)O. The fourth-order valence-electron chi connectivity index (χ4n) is 4.79. The molecule has 0 heterocycles. The monoisotopic (exact) mass is 438 g/mol. The van der Waals surface area contributed by atoms with Crippen molar-refractivity contribution in [1.82, 2.24) is 0 Å². The maximum atomic E-state index is 11.2. The molecule has 0 saturated heterocycles. The summed E-state index contributed by atoms with van der Waals surface area (Å²) in [4.78, 5) is 11.2. The number of carboxylic acids is 1. The first kappa shape index (κ1) is 30.5. The number of unbranched alkanes of at least 4 members (excludes halogenated alkanes) is 20. The van der Waals surface area contributed by atoms with E-state index >= 15 is 0 Å². The molecule has 0 unspecified atom stereocenters. The van der Waals surface area contributed by atoms with Gasteiger partial charge in [-0.2, -0.15) is 0 Å². The lowest BCUT2D eigenvalue weighted by atomic mass is 9.91. The van der Waals surface area contributed by atoms with Crippen molar-refractivity contribution in [3.05, 3.63) is 0 Å². The number of hydrogen-bond donors (Lipinski definition) is 1. The Hall–Kier alpha value is -0.530. The quantitative estimate of drug-likeness (QED) is 0.136. The second kappa shape index (κ2) is 25.7. The van der Waals surface area contributed by atoms with E-state index in [1.54, 1.807) is 0 Å². The second-order valence-electron chi connectivity index (χ2n) is 10.1. The molecule has 186 valence electrons. The first-order valence-corrected chi connectivity index (χ1v) is 14.4. The summed E-state index contributed by atoms with van der Waals surface area (Å²) < 4.78 is 0. The molecule has 0 bridgehead atoms. The van der Waals surface area contributed by atoms with E-state index in [0.717, 1.165) is 12.8 Å². The Balaban J connectivity index is 3.54. The van der Waals surface area contributed by atoms with Crippen LogP contribution in [0, 0.1) is 5.92 Å². The summed E-state index contributed by atoms with van der Waals surface area (Å²) in [6.07, 6.45) is 32.7. The van der Waals surface area contributed by atoms with Crippen LogP contribution in [0.5, 0.6) is 0 Å². The molecule has 0 amide bonds. The molecule has 1 N–H and O–H groups in total. The zero-order chi connectivity index (χ0) is 22.8. The first-order valence-electron chi connectivity index (χ1n) is 14.4. The maximum absolute atomic E-state index is 11.2. The smallest absolute Gasteiger partial charge is 0.303 e. The first-order chi connectivity index (χ1) is 15.2. The van der Waals surface area contributed by atoms with Crippen LogP contribution in [0.4, 0.5) is 0 Å². The Kier molecular flexibility index (Phi) is 25.3. The minimum atomic E-state index is -0.601. The summed E-state index contributed by atoms with van der Waals surface area (Å²) in [5.74, 6) is -0.189. The molecular weight excluding hydrogens is 380 g/mol. The van der Waals surface area contributed by atoms with Crippen LogP contribution in [0.15, 0.2) is 0 Å². The van der Waals surface area contributed by atoms with Gasteiger partial charge >= 0.3 is 5.97 Å². The van der Waals surface area contributed by atoms with Crippen LogP contribution in [-0.2, 0) is 4.79 Å². The van der Waals surface area contributed by atoms with Gasteiger partial charge in [-0.25, -0.2) is 0 Å². The van der Waals surface area contributed by atoms with Crippen molar-refractivity contribution in [2.24, 2.45) is 5.92 Å². The Labute approximate surface area is 196 Å². The summed E-state index contributed by atoms with van der Waals surface area (Å²) in [5.41, 5.74) is 0. The van der Waals surface area contributed by atoms with Crippen LogP contribution < -0.4 is 0 Å². The van der Waals surface area contributed by atoms with Gasteiger partial charge in [0.25, 0.3) is 0 Å². The molecule has 0 aliphatic heterocycles. The molecule has 31 heavy (non-hydrogen) atoms. The third-order valence-corrected chi connectivity index (χ3v) is 6.90. The summed E-state index contributed by atoms with van der Waals surface area (Å²) >= 11 is 0. The molecule has 0 fully saturated rings. The number of aliphatic carboxylic acids is 1. The number of rotatable bonds is 26. The Morgan fingerprint density at radius 3 is 1.00 bits per heavy atom. The molecule has 0 spiro atoms. The van der Waals surface area contributed by atoms with Crippen molar-refractivity contribution in [1.29, 1.82) is 0 Å². The van der Waals surface area contributed by atoms with Crippen molar-refractivity contribution >= 4 is 5.97 Å². The third kappa shape index (κ3) is 25.6. The van der Waals surface area contributed by atoms with Gasteiger partial charge in [-0.15, -0.1) is 0 Å². The van der Waals surface area contributed by atoms with Gasteiger partial charge < -0.3 is 5.11 Å². The molecule has 0 saturated carbocycles. The highest BCUT2D eigenvalue weighted by Crippen LogP contribution is 2.22.